The lowest BCUT2D eigenvalue weighted by atomic mass is 10.1. The zero-order valence-electron chi connectivity index (χ0n) is 19.4. The molecule has 0 aliphatic heterocycles. The molecule has 0 unspecified atom stereocenters. The second-order valence-corrected chi connectivity index (χ2v) is 7.38. The lowest BCUT2D eigenvalue weighted by molar-refractivity contribution is 0.617. The first-order valence-corrected chi connectivity index (χ1v) is 10.4. The third-order valence-electron chi connectivity index (χ3n) is 4.54. The molecule has 32 heavy (non-hydrogen) atoms. The van der Waals surface area contributed by atoms with Crippen LogP contribution in [0.3, 0.4) is 0 Å². The van der Waals surface area contributed by atoms with E-state index in [-0.39, 0.29) is 17.5 Å². The van der Waals surface area contributed by atoms with Gasteiger partial charge in [0.1, 0.15) is 17.5 Å². The summed E-state index contributed by atoms with van der Waals surface area (Å²) in [6.07, 6.45) is 0. The molecule has 0 radical (unpaired) electrons. The molecule has 3 heteroatoms. The summed E-state index contributed by atoms with van der Waals surface area (Å²) in [5.74, 6) is -0.410. The molecule has 0 saturated carbocycles. The van der Waals surface area contributed by atoms with E-state index in [0.717, 1.165) is 16.7 Å². The van der Waals surface area contributed by atoms with E-state index in [1.54, 1.807) is 38.1 Å². The van der Waals surface area contributed by atoms with Gasteiger partial charge in [-0.1, -0.05) is 78.4 Å². The Balaban J connectivity index is 0.000000214. The summed E-state index contributed by atoms with van der Waals surface area (Å²) in [6.45, 7) is 9.38. The number of halogens is 3. The highest BCUT2D eigenvalue weighted by Gasteiger charge is 1.95. The van der Waals surface area contributed by atoms with Gasteiger partial charge in [0, 0.05) is 0 Å². The molecule has 0 amide bonds. The summed E-state index contributed by atoms with van der Waals surface area (Å²) in [4.78, 5) is 0. The van der Waals surface area contributed by atoms with Crippen molar-refractivity contribution in [1.82, 2.24) is 0 Å². The van der Waals surface area contributed by atoms with Crippen molar-refractivity contribution >= 4 is 0 Å². The Morgan fingerprint density at radius 1 is 0.438 bits per heavy atom. The van der Waals surface area contributed by atoms with Crippen LogP contribution in [0.4, 0.5) is 13.2 Å². The maximum absolute atomic E-state index is 12.6. The monoisotopic (exact) mass is 436 g/mol. The van der Waals surface area contributed by atoms with Crippen LogP contribution in [0.15, 0.2) is 97.1 Å². The first kappa shape index (κ1) is 26.7. The Labute approximate surface area is 190 Å². The molecule has 0 saturated heterocycles. The average Bonchev–Trinajstić information content (AvgIpc) is 2.76. The molecule has 0 aliphatic rings. The number of hydrogen-bond donors (Lipinski definition) is 0. The minimum atomic E-state index is -0.162. The van der Waals surface area contributed by atoms with Crippen LogP contribution in [0.5, 0.6) is 0 Å². The number of hydrogen-bond acceptors (Lipinski definition) is 0. The third-order valence-corrected chi connectivity index (χ3v) is 4.54. The van der Waals surface area contributed by atoms with Gasteiger partial charge in [0.15, 0.2) is 0 Å². The van der Waals surface area contributed by atoms with E-state index in [0.29, 0.717) is 5.56 Å². The van der Waals surface area contributed by atoms with E-state index < -0.39 is 0 Å². The number of rotatable bonds is 0. The van der Waals surface area contributed by atoms with Crippen LogP contribution < -0.4 is 0 Å². The maximum atomic E-state index is 12.6. The van der Waals surface area contributed by atoms with Gasteiger partial charge < -0.3 is 0 Å². The topological polar surface area (TPSA) is 0 Å². The van der Waals surface area contributed by atoms with Crippen LogP contribution in [0, 0.1) is 52.1 Å². The Morgan fingerprint density at radius 2 is 0.938 bits per heavy atom. The average molecular weight is 437 g/mol. The van der Waals surface area contributed by atoms with E-state index in [4.69, 9.17) is 0 Å². The van der Waals surface area contributed by atoms with Gasteiger partial charge in [0.2, 0.25) is 0 Å². The smallest absolute Gasteiger partial charge is 0.126 e. The summed E-state index contributed by atoms with van der Waals surface area (Å²) in [5, 5.41) is 0. The molecule has 168 valence electrons. The Kier molecular flexibility index (Phi) is 12.2. The highest BCUT2D eigenvalue weighted by Crippen LogP contribution is 2.09. The van der Waals surface area contributed by atoms with Crippen LogP contribution in [0.1, 0.15) is 27.8 Å². The second kappa shape index (κ2) is 14.6. The first-order valence-electron chi connectivity index (χ1n) is 10.4. The van der Waals surface area contributed by atoms with E-state index in [2.05, 4.69) is 19.1 Å². The fourth-order valence-corrected chi connectivity index (χ4v) is 2.41. The maximum Gasteiger partial charge on any atom is 0.126 e. The SMILES string of the molecule is Cc1cccc(F)c1.Cc1cccc(F)c1C.Cc1ccccc1.Cc1ccccc1F. The lowest BCUT2D eigenvalue weighted by Gasteiger charge is -1.97. The molecule has 0 aliphatic carbocycles. The van der Waals surface area contributed by atoms with Gasteiger partial charge in [-0.15, -0.1) is 0 Å². The highest BCUT2D eigenvalue weighted by molar-refractivity contribution is 5.25. The zero-order valence-corrected chi connectivity index (χ0v) is 19.4. The minimum absolute atomic E-state index is 0.116. The molecule has 4 rings (SSSR count). The fourth-order valence-electron chi connectivity index (χ4n) is 2.41. The van der Waals surface area contributed by atoms with Crippen molar-refractivity contribution in [2.45, 2.75) is 34.6 Å². The molecule has 0 fully saturated rings. The van der Waals surface area contributed by atoms with Crippen LogP contribution in [0.2, 0.25) is 0 Å². The molecular formula is C29H31F3. The van der Waals surface area contributed by atoms with E-state index in [1.165, 1.54) is 29.8 Å². The van der Waals surface area contributed by atoms with E-state index in [9.17, 15) is 13.2 Å². The standard InChI is InChI=1S/C8H9F.2C7H7F.C7H8/c1-6-4-3-5-8(9)7(6)2;1-6-3-2-4-7(8)5-6;1-6-4-2-3-5-7(6)8;1-7-5-3-2-4-6-7/h3-5H,1-2H3;2*2-5H,1H3;2-6H,1H3. The largest absolute Gasteiger partial charge is 0.207 e. The van der Waals surface area contributed by atoms with E-state index in [1.807, 2.05) is 50.2 Å². The van der Waals surface area contributed by atoms with Crippen LogP contribution in [-0.2, 0) is 0 Å². The Morgan fingerprint density at radius 3 is 1.31 bits per heavy atom. The van der Waals surface area contributed by atoms with Crippen molar-refractivity contribution in [3.05, 3.63) is 142 Å². The summed E-state index contributed by atoms with van der Waals surface area (Å²) in [5.41, 5.74) is 4.74. The Hall–Kier alpha value is -3.33. The van der Waals surface area contributed by atoms with Crippen molar-refractivity contribution in [2.24, 2.45) is 0 Å². The number of aryl methyl sites for hydroxylation is 4. The van der Waals surface area contributed by atoms with Crippen molar-refractivity contribution in [2.75, 3.05) is 0 Å². The van der Waals surface area contributed by atoms with Crippen LogP contribution >= 0.6 is 0 Å². The molecule has 4 aromatic rings. The van der Waals surface area contributed by atoms with Gasteiger partial charge in [0.25, 0.3) is 0 Å². The number of benzene rings is 4. The summed E-state index contributed by atoms with van der Waals surface area (Å²) >= 11 is 0. The summed E-state index contributed by atoms with van der Waals surface area (Å²) < 4.78 is 37.1. The molecule has 0 bridgehead atoms. The molecule has 4 aromatic carbocycles. The van der Waals surface area contributed by atoms with Crippen molar-refractivity contribution in [3.8, 4) is 0 Å². The minimum Gasteiger partial charge on any atom is -0.207 e. The van der Waals surface area contributed by atoms with Crippen molar-refractivity contribution < 1.29 is 13.2 Å². The Bertz CT molecular complexity index is 998. The van der Waals surface area contributed by atoms with Gasteiger partial charge >= 0.3 is 0 Å². The molecule has 0 aromatic heterocycles. The predicted octanol–water partition coefficient (Wildman–Crippen LogP) is 8.71. The third kappa shape index (κ3) is 11.2. The molecule has 0 atom stereocenters. The van der Waals surface area contributed by atoms with Crippen molar-refractivity contribution in [3.63, 3.8) is 0 Å². The predicted molar refractivity (Wildman–Crippen MR) is 129 cm³/mol. The lowest BCUT2D eigenvalue weighted by Crippen LogP contribution is -1.83. The molecule has 0 nitrogen and oxygen atoms in total. The van der Waals surface area contributed by atoms with Crippen LogP contribution in [-0.4, -0.2) is 0 Å². The van der Waals surface area contributed by atoms with Gasteiger partial charge in [-0.2, -0.15) is 0 Å². The van der Waals surface area contributed by atoms with Gasteiger partial charge in [-0.05, 0) is 81.1 Å². The summed E-state index contributed by atoms with van der Waals surface area (Å²) in [7, 11) is 0. The summed E-state index contributed by atoms with van der Waals surface area (Å²) in [6, 6.07) is 28.6. The molecule has 0 spiro atoms. The van der Waals surface area contributed by atoms with Gasteiger partial charge in [-0.25, -0.2) is 13.2 Å². The highest BCUT2D eigenvalue weighted by atomic mass is 19.1. The zero-order chi connectivity index (χ0) is 23.9. The first-order chi connectivity index (χ1) is 15.2. The fraction of sp³-hybridized carbons (Fsp3) is 0.172. The molecule has 0 heterocycles. The molecular weight excluding hydrogens is 405 g/mol. The van der Waals surface area contributed by atoms with Crippen LogP contribution in [0.25, 0.3) is 0 Å². The quantitative estimate of drug-likeness (QED) is 0.259. The van der Waals surface area contributed by atoms with Gasteiger partial charge in [0.05, 0.1) is 0 Å². The van der Waals surface area contributed by atoms with E-state index >= 15 is 0 Å². The van der Waals surface area contributed by atoms with Crippen molar-refractivity contribution in [1.29, 1.82) is 0 Å². The molecule has 0 N–H and O–H groups in total. The van der Waals surface area contributed by atoms with Gasteiger partial charge in [-0.3, -0.25) is 0 Å². The second-order valence-electron chi connectivity index (χ2n) is 7.38. The normalized spacial score (nSPS) is 9.25.